The van der Waals surface area contributed by atoms with Crippen molar-refractivity contribution in [2.45, 2.75) is 37.8 Å². The van der Waals surface area contributed by atoms with Gasteiger partial charge in [0, 0.05) is 13.1 Å². The van der Waals surface area contributed by atoms with E-state index in [0.29, 0.717) is 19.5 Å². The fraction of sp³-hybridized carbons (Fsp3) is 0.333. The SMILES string of the molecule is COC(=O)NCC(=O)N1CCC[C@H]1c1ncc(-c2ccc(-c3ccc(-c4cnc([C@@H]5CCCN5C(=O)CNC=O)[nH]4)cc3)cc2)[nH]1. The number of nitrogens with zero attached hydrogens (tertiary/aromatic N) is 4. The lowest BCUT2D eigenvalue weighted by atomic mass is 10.0. The molecule has 2 atom stereocenters. The number of imidazole rings is 2. The average Bonchev–Trinajstić information content (AvgIpc) is 3.92. The minimum absolute atomic E-state index is 0.0146. The molecular weight excluding hydrogens is 588 g/mol. The number of carbonyl (C=O) groups excluding carboxylic acids is 4. The third-order valence-electron chi connectivity index (χ3n) is 8.60. The van der Waals surface area contributed by atoms with Crippen molar-refractivity contribution in [1.82, 2.24) is 40.4 Å². The average molecular weight is 625 g/mol. The zero-order valence-electron chi connectivity index (χ0n) is 25.5. The standard InChI is InChI=1S/C33H36N8O5/c1-46-33(45)37-19-30(44)41-15-3-5-28(41)32-36-17-26(39-32)24-12-8-22(9-13-24)21-6-10-23(11-7-21)25-16-35-31(38-25)27-4-2-14-40(27)29(43)18-34-20-42/h6-13,16-17,20,27-28H,2-5,14-15,18-19H2,1H3,(H,34,42)(H,35,38)(H,36,39)(H,37,45)/t27-,28-/m0/s1. The molecule has 238 valence electrons. The molecule has 2 saturated heterocycles. The number of ether oxygens (including phenoxy) is 1. The maximum absolute atomic E-state index is 12.7. The van der Waals surface area contributed by atoms with Gasteiger partial charge >= 0.3 is 6.09 Å². The highest BCUT2D eigenvalue weighted by Gasteiger charge is 2.33. The van der Waals surface area contributed by atoms with Gasteiger partial charge in [0.15, 0.2) is 0 Å². The molecule has 2 aliphatic rings. The van der Waals surface area contributed by atoms with E-state index >= 15 is 0 Å². The van der Waals surface area contributed by atoms with Crippen molar-refractivity contribution in [1.29, 1.82) is 0 Å². The Morgan fingerprint density at radius 3 is 1.70 bits per heavy atom. The largest absolute Gasteiger partial charge is 0.453 e. The molecule has 4 N–H and O–H groups in total. The molecule has 0 bridgehead atoms. The molecule has 0 unspecified atom stereocenters. The monoisotopic (exact) mass is 624 g/mol. The molecule has 4 amide bonds. The molecular formula is C33H36N8O5. The Hall–Kier alpha value is -5.46. The lowest BCUT2D eigenvalue weighted by molar-refractivity contribution is -0.132. The predicted octanol–water partition coefficient (Wildman–Crippen LogP) is 3.56. The summed E-state index contributed by atoms with van der Waals surface area (Å²) >= 11 is 0. The van der Waals surface area contributed by atoms with Crippen molar-refractivity contribution < 1.29 is 23.9 Å². The maximum Gasteiger partial charge on any atom is 0.407 e. The van der Waals surface area contributed by atoms with Crippen LogP contribution in [0.3, 0.4) is 0 Å². The summed E-state index contributed by atoms with van der Waals surface area (Å²) in [6.45, 7) is 1.12. The van der Waals surface area contributed by atoms with Crippen LogP contribution >= 0.6 is 0 Å². The Labute approximate surface area is 265 Å². The molecule has 13 heteroatoms. The van der Waals surface area contributed by atoms with Gasteiger partial charge in [0.05, 0.1) is 49.5 Å². The van der Waals surface area contributed by atoms with E-state index in [0.717, 1.165) is 71.0 Å². The van der Waals surface area contributed by atoms with Crippen LogP contribution in [0, 0.1) is 0 Å². The van der Waals surface area contributed by atoms with Crippen molar-refractivity contribution in [3.05, 3.63) is 72.6 Å². The number of amides is 4. The number of carbonyl (C=O) groups is 4. The molecule has 0 spiro atoms. The van der Waals surface area contributed by atoms with Gasteiger partial charge in [0.2, 0.25) is 18.2 Å². The zero-order chi connectivity index (χ0) is 32.0. The summed E-state index contributed by atoms with van der Waals surface area (Å²) in [7, 11) is 1.26. The summed E-state index contributed by atoms with van der Waals surface area (Å²) in [5, 5.41) is 4.90. The van der Waals surface area contributed by atoms with Gasteiger partial charge in [-0.3, -0.25) is 14.4 Å². The number of aromatic nitrogens is 4. The van der Waals surface area contributed by atoms with Gasteiger partial charge in [-0.1, -0.05) is 48.5 Å². The highest BCUT2D eigenvalue weighted by atomic mass is 16.5. The first-order chi connectivity index (χ1) is 22.4. The Morgan fingerprint density at radius 1 is 0.783 bits per heavy atom. The fourth-order valence-corrected chi connectivity index (χ4v) is 6.24. The molecule has 0 aliphatic carbocycles. The first kappa shape index (κ1) is 30.6. The number of likely N-dealkylation sites (tertiary alicyclic amines) is 2. The molecule has 4 heterocycles. The van der Waals surface area contributed by atoms with Gasteiger partial charge in [-0.2, -0.15) is 0 Å². The van der Waals surface area contributed by atoms with E-state index in [1.165, 1.54) is 7.11 Å². The van der Waals surface area contributed by atoms with Gasteiger partial charge in [0.1, 0.15) is 18.2 Å². The van der Waals surface area contributed by atoms with Crippen LogP contribution in [0.2, 0.25) is 0 Å². The molecule has 0 saturated carbocycles. The third-order valence-corrected chi connectivity index (χ3v) is 8.60. The molecule has 2 aromatic carbocycles. The second kappa shape index (κ2) is 13.7. The molecule has 4 aromatic rings. The van der Waals surface area contributed by atoms with Crippen LogP contribution in [0.1, 0.15) is 49.4 Å². The Morgan fingerprint density at radius 2 is 1.24 bits per heavy atom. The number of methoxy groups -OCH3 is 1. The Balaban J connectivity index is 1.09. The van der Waals surface area contributed by atoms with Crippen LogP contribution in [0.4, 0.5) is 4.79 Å². The summed E-state index contributed by atoms with van der Waals surface area (Å²) in [4.78, 5) is 66.7. The maximum atomic E-state index is 12.7. The van der Waals surface area contributed by atoms with Gasteiger partial charge < -0.3 is 35.1 Å². The lowest BCUT2D eigenvalue weighted by Gasteiger charge is -2.23. The number of benzene rings is 2. The second-order valence-corrected chi connectivity index (χ2v) is 11.4. The van der Waals surface area contributed by atoms with Gasteiger partial charge in [-0.15, -0.1) is 0 Å². The number of H-pyrrole nitrogens is 2. The molecule has 46 heavy (non-hydrogen) atoms. The molecule has 0 radical (unpaired) electrons. The van der Waals surface area contributed by atoms with Gasteiger partial charge in [-0.05, 0) is 47.9 Å². The van der Waals surface area contributed by atoms with E-state index in [9.17, 15) is 19.2 Å². The van der Waals surface area contributed by atoms with Gasteiger partial charge in [-0.25, -0.2) is 14.8 Å². The van der Waals surface area contributed by atoms with Gasteiger partial charge in [0.25, 0.3) is 0 Å². The van der Waals surface area contributed by atoms with E-state index in [1.54, 1.807) is 22.2 Å². The summed E-state index contributed by atoms with van der Waals surface area (Å²) in [5.74, 6) is 1.18. The third kappa shape index (κ3) is 6.48. The smallest absolute Gasteiger partial charge is 0.407 e. The lowest BCUT2D eigenvalue weighted by Crippen LogP contribution is -2.40. The predicted molar refractivity (Wildman–Crippen MR) is 169 cm³/mol. The molecule has 2 fully saturated rings. The van der Waals surface area contributed by atoms with E-state index in [-0.39, 0.29) is 37.0 Å². The van der Waals surface area contributed by atoms with Crippen molar-refractivity contribution in [3.63, 3.8) is 0 Å². The van der Waals surface area contributed by atoms with Crippen molar-refractivity contribution in [3.8, 4) is 33.6 Å². The first-order valence-corrected chi connectivity index (χ1v) is 15.3. The highest BCUT2D eigenvalue weighted by molar-refractivity contribution is 5.83. The first-order valence-electron chi connectivity index (χ1n) is 15.3. The Kier molecular flexibility index (Phi) is 9.08. The normalized spacial score (nSPS) is 17.6. The van der Waals surface area contributed by atoms with Crippen molar-refractivity contribution in [2.24, 2.45) is 0 Å². The number of hydrogen-bond acceptors (Lipinski definition) is 7. The van der Waals surface area contributed by atoms with E-state index < -0.39 is 6.09 Å². The van der Waals surface area contributed by atoms with E-state index in [1.807, 2.05) is 24.3 Å². The molecule has 2 aliphatic heterocycles. The number of aromatic amines is 2. The summed E-state index contributed by atoms with van der Waals surface area (Å²) < 4.78 is 4.56. The van der Waals surface area contributed by atoms with Crippen molar-refractivity contribution in [2.75, 3.05) is 33.3 Å². The minimum atomic E-state index is -0.635. The second-order valence-electron chi connectivity index (χ2n) is 11.4. The Bertz CT molecular complexity index is 1700. The van der Waals surface area contributed by atoms with E-state index in [4.69, 9.17) is 0 Å². The highest BCUT2D eigenvalue weighted by Crippen LogP contribution is 2.34. The summed E-state index contributed by atoms with van der Waals surface area (Å²) in [5.41, 5.74) is 5.84. The number of alkyl carbamates (subject to hydrolysis) is 1. The van der Waals surface area contributed by atoms with Crippen LogP contribution in [-0.4, -0.2) is 87.3 Å². The van der Waals surface area contributed by atoms with Crippen LogP contribution in [0.5, 0.6) is 0 Å². The van der Waals surface area contributed by atoms with Crippen LogP contribution in [0.25, 0.3) is 33.6 Å². The molecule has 13 nitrogen and oxygen atoms in total. The van der Waals surface area contributed by atoms with Crippen molar-refractivity contribution >= 4 is 24.3 Å². The quantitative estimate of drug-likeness (QED) is 0.196. The fourth-order valence-electron chi connectivity index (χ4n) is 6.24. The summed E-state index contributed by atoms with van der Waals surface area (Å²) in [6.07, 6.45) is 6.85. The number of rotatable bonds is 10. The van der Waals surface area contributed by atoms with Crippen LogP contribution < -0.4 is 10.6 Å². The molecule has 6 rings (SSSR count). The topological polar surface area (TPSA) is 165 Å². The number of hydrogen-bond donors (Lipinski definition) is 4. The van der Waals surface area contributed by atoms with Crippen LogP contribution in [0.15, 0.2) is 60.9 Å². The van der Waals surface area contributed by atoms with Crippen LogP contribution in [-0.2, 0) is 19.1 Å². The zero-order valence-corrected chi connectivity index (χ0v) is 25.5. The molecule has 2 aromatic heterocycles. The minimum Gasteiger partial charge on any atom is -0.453 e. The number of nitrogens with one attached hydrogen (secondary N) is 4. The van der Waals surface area contributed by atoms with E-state index in [2.05, 4.69) is 59.6 Å². The summed E-state index contributed by atoms with van der Waals surface area (Å²) in [6, 6.07) is 16.1.